The van der Waals surface area contributed by atoms with Gasteiger partial charge in [0.05, 0.1) is 0 Å². The van der Waals surface area contributed by atoms with Gasteiger partial charge in [-0.15, -0.1) is 71.8 Å². The number of benzene rings is 4. The van der Waals surface area contributed by atoms with E-state index >= 15 is 0 Å². The zero-order valence-corrected chi connectivity index (χ0v) is 31.4. The second-order valence-electron chi connectivity index (χ2n) is 11.3. The van der Waals surface area contributed by atoms with Gasteiger partial charge < -0.3 is 24.0 Å². The van der Waals surface area contributed by atoms with Crippen molar-refractivity contribution in [3.8, 4) is 51.5 Å². The van der Waals surface area contributed by atoms with Gasteiger partial charge in [0.2, 0.25) is 5.95 Å². The number of nitrogens with zero attached hydrogens (tertiary/aromatic N) is 5. The molecule has 9 heteroatoms. The molecule has 0 radical (unpaired) electrons. The van der Waals surface area contributed by atoms with Crippen LogP contribution in [0.15, 0.2) is 116 Å². The Kier molecular flexibility index (Phi) is 11.2. The van der Waals surface area contributed by atoms with E-state index in [0.717, 1.165) is 68.3 Å². The van der Waals surface area contributed by atoms with Crippen molar-refractivity contribution >= 4 is 21.8 Å². The van der Waals surface area contributed by atoms with E-state index in [9.17, 15) is 0 Å². The van der Waals surface area contributed by atoms with E-state index in [-0.39, 0.29) is 41.5 Å². The normalized spacial score (nSPS) is 10.8. The molecule has 254 valence electrons. The average molecular weight is 937 g/mol. The summed E-state index contributed by atoms with van der Waals surface area (Å²) in [6, 6.07) is 43.0. The first-order chi connectivity index (χ1) is 24.2. The Balaban J connectivity index is 0.00000224. The number of hydrogen-bond acceptors (Lipinski definition) is 6. The summed E-state index contributed by atoms with van der Waals surface area (Å²) in [6.45, 7) is 4.29. The standard InChI is InChI=1S/C42H29N5O2.Pd.Pt/c1-3-28-22-34(48-32-14-9-12-30(24-32)36-16-5-7-18-43-36)26-38-40(28)41-29(4-2)23-35(27-39(41)47(38)42-45-20-11-21-46-42)49-33-15-10-13-31(25-33)37-17-6-8-19-44-37;;/h5-23H,3-4H2,1-2H3;;/q-4;2*+2. The largest absolute Gasteiger partial charge is 2.00 e. The van der Waals surface area contributed by atoms with Crippen LogP contribution >= 0.6 is 0 Å². The van der Waals surface area contributed by atoms with Gasteiger partial charge in [-0.05, 0) is 29.6 Å². The summed E-state index contributed by atoms with van der Waals surface area (Å²) in [5.41, 5.74) is 7.15. The van der Waals surface area contributed by atoms with Crippen molar-refractivity contribution in [2.24, 2.45) is 0 Å². The van der Waals surface area contributed by atoms with Crippen LogP contribution in [0.2, 0.25) is 0 Å². The molecule has 51 heavy (non-hydrogen) atoms. The van der Waals surface area contributed by atoms with E-state index < -0.39 is 0 Å². The Morgan fingerprint density at radius 1 is 0.529 bits per heavy atom. The van der Waals surface area contributed by atoms with Crippen LogP contribution in [-0.2, 0) is 54.3 Å². The van der Waals surface area contributed by atoms with Crippen molar-refractivity contribution < 1.29 is 51.0 Å². The van der Waals surface area contributed by atoms with Crippen molar-refractivity contribution in [1.29, 1.82) is 0 Å². The van der Waals surface area contributed by atoms with Crippen LogP contribution in [0, 0.1) is 24.3 Å². The Morgan fingerprint density at radius 2 is 1.00 bits per heavy atom. The molecule has 4 aromatic carbocycles. The van der Waals surface area contributed by atoms with Crippen molar-refractivity contribution in [2.75, 3.05) is 0 Å². The number of hydrogen-bond donors (Lipinski definition) is 0. The molecular weight excluding hydrogens is 908 g/mol. The van der Waals surface area contributed by atoms with Gasteiger partial charge in [0.15, 0.2) is 0 Å². The Morgan fingerprint density at radius 3 is 1.43 bits per heavy atom. The quantitative estimate of drug-likeness (QED) is 0.106. The predicted molar refractivity (Wildman–Crippen MR) is 190 cm³/mol. The van der Waals surface area contributed by atoms with Crippen molar-refractivity contribution in [1.82, 2.24) is 24.5 Å². The fraction of sp³-hybridized carbons (Fsp3) is 0.0952. The first kappa shape index (κ1) is 35.8. The zero-order chi connectivity index (χ0) is 33.2. The van der Waals surface area contributed by atoms with E-state index in [1.165, 1.54) is 0 Å². The molecule has 0 bridgehead atoms. The van der Waals surface area contributed by atoms with Crippen LogP contribution in [-0.4, -0.2) is 24.5 Å². The molecule has 0 spiro atoms. The molecule has 0 saturated carbocycles. The molecule has 4 aromatic heterocycles. The molecule has 4 heterocycles. The minimum atomic E-state index is 0. The van der Waals surface area contributed by atoms with Gasteiger partial charge in [-0.3, -0.25) is 0 Å². The molecule has 8 aromatic rings. The second kappa shape index (κ2) is 15.9. The van der Waals surface area contributed by atoms with Crippen LogP contribution in [0.5, 0.6) is 23.0 Å². The summed E-state index contributed by atoms with van der Waals surface area (Å²) in [4.78, 5) is 18.3. The number of rotatable bonds is 9. The number of aromatic nitrogens is 5. The van der Waals surface area contributed by atoms with Crippen LogP contribution in [0.4, 0.5) is 0 Å². The molecule has 0 aliphatic rings. The SMILES string of the molecule is CCc1cc(Oc2[c-]c(-c3ccccn3)ccc2)[c-]c2c1c1c(CC)cc(Oc3[c-]c(-c4ccccn4)ccc3)[c-]c1n2-c1ncccn1.[Pd+2].[Pt+2]. The topological polar surface area (TPSA) is 75.0 Å². The first-order valence-electron chi connectivity index (χ1n) is 16.2. The first-order valence-corrected chi connectivity index (χ1v) is 16.2. The smallest absolute Gasteiger partial charge is 0.503 e. The summed E-state index contributed by atoms with van der Waals surface area (Å²) in [5.74, 6) is 2.77. The molecule has 0 aliphatic carbocycles. The van der Waals surface area contributed by atoms with Crippen LogP contribution in [0.1, 0.15) is 25.0 Å². The Hall–Kier alpha value is -4.99. The molecule has 0 aliphatic heterocycles. The summed E-state index contributed by atoms with van der Waals surface area (Å²) in [5, 5.41) is 2.12. The van der Waals surface area contributed by atoms with Crippen molar-refractivity contribution in [3.63, 3.8) is 0 Å². The van der Waals surface area contributed by atoms with E-state index in [2.05, 4.69) is 70.2 Å². The van der Waals surface area contributed by atoms with Gasteiger partial charge in [0, 0.05) is 47.8 Å². The Labute approximate surface area is 324 Å². The number of ether oxygens (including phenoxy) is 2. The fourth-order valence-electron chi connectivity index (χ4n) is 6.07. The number of fused-ring (bicyclic) bond motifs is 3. The molecule has 0 fully saturated rings. The average Bonchev–Trinajstić information content (AvgIpc) is 3.49. The minimum absolute atomic E-state index is 0. The maximum Gasteiger partial charge on any atom is 2.00 e. The summed E-state index contributed by atoms with van der Waals surface area (Å²) < 4.78 is 14.9. The molecule has 0 saturated heterocycles. The third-order valence-electron chi connectivity index (χ3n) is 8.28. The van der Waals surface area contributed by atoms with Gasteiger partial charge in [-0.25, -0.2) is 9.97 Å². The molecule has 0 atom stereocenters. The second-order valence-corrected chi connectivity index (χ2v) is 11.3. The van der Waals surface area contributed by atoms with Gasteiger partial charge in [-0.1, -0.05) is 74.1 Å². The zero-order valence-electron chi connectivity index (χ0n) is 27.6. The Bertz CT molecular complexity index is 2270. The fourth-order valence-corrected chi connectivity index (χ4v) is 6.07. The van der Waals surface area contributed by atoms with Gasteiger partial charge >= 0.3 is 41.5 Å². The third-order valence-corrected chi connectivity index (χ3v) is 8.28. The monoisotopic (exact) mass is 936 g/mol. The summed E-state index contributed by atoms with van der Waals surface area (Å²) in [6.07, 6.45) is 8.55. The molecule has 0 N–H and O–H groups in total. The third kappa shape index (κ3) is 7.27. The van der Waals surface area contributed by atoms with E-state index in [4.69, 9.17) is 9.47 Å². The molecule has 0 amide bonds. The van der Waals surface area contributed by atoms with Crippen LogP contribution < -0.4 is 9.47 Å². The van der Waals surface area contributed by atoms with Crippen molar-refractivity contribution in [2.45, 2.75) is 26.7 Å². The van der Waals surface area contributed by atoms with Gasteiger partial charge in [0.1, 0.15) is 0 Å². The maximum absolute atomic E-state index is 6.45. The number of pyridine rings is 2. The van der Waals surface area contributed by atoms with Crippen LogP contribution in [0.3, 0.4) is 0 Å². The van der Waals surface area contributed by atoms with Crippen molar-refractivity contribution in [3.05, 3.63) is 151 Å². The minimum Gasteiger partial charge on any atom is -0.503 e. The van der Waals surface area contributed by atoms with Gasteiger partial charge in [-0.2, -0.15) is 21.9 Å². The van der Waals surface area contributed by atoms with E-state index in [0.29, 0.717) is 28.9 Å². The maximum atomic E-state index is 6.45. The summed E-state index contributed by atoms with van der Waals surface area (Å²) in [7, 11) is 0. The molecular formula is C42H29N5O2PdPt. The summed E-state index contributed by atoms with van der Waals surface area (Å²) >= 11 is 0. The predicted octanol–water partition coefficient (Wildman–Crippen LogP) is 9.60. The molecule has 8 rings (SSSR count). The van der Waals surface area contributed by atoms with E-state index in [1.807, 2.05) is 77.4 Å². The number of aryl methyl sites for hydroxylation is 2. The van der Waals surface area contributed by atoms with E-state index in [1.54, 1.807) is 30.9 Å². The van der Waals surface area contributed by atoms with Gasteiger partial charge in [0.25, 0.3) is 0 Å². The van der Waals surface area contributed by atoms with Crippen LogP contribution in [0.25, 0.3) is 50.3 Å². The molecule has 0 unspecified atom stereocenters. The molecule has 7 nitrogen and oxygen atoms in total.